The molecule has 0 saturated carbocycles. The first-order chi connectivity index (χ1) is 11.4. The number of esters is 1. The number of nitro benzene ring substituents is 1. The van der Waals surface area contributed by atoms with Gasteiger partial charge in [0, 0.05) is 17.8 Å². The van der Waals surface area contributed by atoms with E-state index in [1.807, 2.05) is 26.0 Å². The van der Waals surface area contributed by atoms with Gasteiger partial charge in [-0.15, -0.1) is 0 Å². The summed E-state index contributed by atoms with van der Waals surface area (Å²) in [7, 11) is 0. The van der Waals surface area contributed by atoms with Crippen molar-refractivity contribution >= 4 is 23.3 Å². The van der Waals surface area contributed by atoms with Gasteiger partial charge in [0.2, 0.25) is 0 Å². The number of aryl methyl sites for hydroxylation is 2. The first kappa shape index (κ1) is 17.1. The Morgan fingerprint density at radius 2 is 1.88 bits per heavy atom. The van der Waals surface area contributed by atoms with E-state index >= 15 is 0 Å². The molecule has 24 heavy (non-hydrogen) atoms. The van der Waals surface area contributed by atoms with Gasteiger partial charge in [-0.1, -0.05) is 12.1 Å². The Bertz CT molecular complexity index is 801. The first-order valence-electron chi connectivity index (χ1n) is 7.15. The Kier molecular flexibility index (Phi) is 5.26. The molecule has 0 unspecified atom stereocenters. The van der Waals surface area contributed by atoms with Gasteiger partial charge in [-0.3, -0.25) is 14.9 Å². The fourth-order valence-electron chi connectivity index (χ4n) is 1.98. The molecule has 2 aromatic carbocycles. The van der Waals surface area contributed by atoms with Gasteiger partial charge < -0.3 is 10.1 Å². The number of nitro groups is 1. The quantitative estimate of drug-likeness (QED) is 0.517. The summed E-state index contributed by atoms with van der Waals surface area (Å²) in [5.74, 6) is -1.29. The van der Waals surface area contributed by atoms with Crippen molar-refractivity contribution in [3.05, 3.63) is 69.3 Å². The molecule has 0 radical (unpaired) electrons. The van der Waals surface area contributed by atoms with Gasteiger partial charge in [0.1, 0.15) is 0 Å². The van der Waals surface area contributed by atoms with Gasteiger partial charge in [-0.2, -0.15) is 0 Å². The zero-order chi connectivity index (χ0) is 17.7. The molecule has 0 aliphatic rings. The summed E-state index contributed by atoms with van der Waals surface area (Å²) in [4.78, 5) is 33.8. The first-order valence-corrected chi connectivity index (χ1v) is 7.15. The number of amides is 1. The Morgan fingerprint density at radius 1 is 1.12 bits per heavy atom. The van der Waals surface area contributed by atoms with Crippen LogP contribution in [0.4, 0.5) is 11.4 Å². The highest BCUT2D eigenvalue weighted by Crippen LogP contribution is 2.15. The minimum atomic E-state index is -0.797. The minimum Gasteiger partial charge on any atom is -0.452 e. The molecular weight excluding hydrogens is 312 g/mol. The number of ether oxygens (including phenoxy) is 1. The number of carbonyl (C=O) groups is 2. The van der Waals surface area contributed by atoms with E-state index in [9.17, 15) is 19.7 Å². The summed E-state index contributed by atoms with van der Waals surface area (Å²) in [6, 6.07) is 10.6. The minimum absolute atomic E-state index is 0.0168. The molecule has 124 valence electrons. The lowest BCUT2D eigenvalue weighted by Crippen LogP contribution is -2.21. The fourth-order valence-corrected chi connectivity index (χ4v) is 1.98. The monoisotopic (exact) mass is 328 g/mol. The summed E-state index contributed by atoms with van der Waals surface area (Å²) >= 11 is 0. The average Bonchev–Trinajstić information content (AvgIpc) is 2.56. The van der Waals surface area contributed by atoms with E-state index in [-0.39, 0.29) is 11.3 Å². The Balaban J connectivity index is 1.93. The number of rotatable bonds is 5. The normalized spacial score (nSPS) is 10.1. The van der Waals surface area contributed by atoms with Crippen molar-refractivity contribution in [2.75, 3.05) is 11.9 Å². The van der Waals surface area contributed by atoms with Crippen molar-refractivity contribution in [2.45, 2.75) is 13.8 Å². The van der Waals surface area contributed by atoms with E-state index in [2.05, 4.69) is 5.32 Å². The zero-order valence-electron chi connectivity index (χ0n) is 13.2. The Labute approximate surface area is 138 Å². The van der Waals surface area contributed by atoms with Crippen LogP contribution >= 0.6 is 0 Å². The molecule has 2 rings (SSSR count). The Hall–Kier alpha value is -3.22. The lowest BCUT2D eigenvalue weighted by molar-refractivity contribution is -0.384. The second-order valence-electron chi connectivity index (χ2n) is 5.23. The molecule has 1 N–H and O–H groups in total. The average molecular weight is 328 g/mol. The van der Waals surface area contributed by atoms with E-state index in [1.54, 1.807) is 6.07 Å². The molecule has 0 saturated heterocycles. The predicted molar refractivity (Wildman–Crippen MR) is 87.9 cm³/mol. The van der Waals surface area contributed by atoms with Crippen LogP contribution in [0.1, 0.15) is 21.5 Å². The maximum Gasteiger partial charge on any atom is 0.338 e. The van der Waals surface area contributed by atoms with Gasteiger partial charge >= 0.3 is 5.97 Å². The number of hydrogen-bond acceptors (Lipinski definition) is 5. The standard InChI is InChI=1S/C17H16N2O5/c1-11-6-7-14(8-12(11)2)18-16(20)10-24-17(21)13-4-3-5-15(9-13)19(22)23/h3-9H,10H2,1-2H3,(H,18,20). The van der Waals surface area contributed by atoms with Gasteiger partial charge in [-0.05, 0) is 43.2 Å². The fraction of sp³-hybridized carbons (Fsp3) is 0.176. The van der Waals surface area contributed by atoms with E-state index in [0.29, 0.717) is 5.69 Å². The van der Waals surface area contributed by atoms with Crippen LogP contribution in [0, 0.1) is 24.0 Å². The number of nitrogens with zero attached hydrogens (tertiary/aromatic N) is 1. The summed E-state index contributed by atoms with van der Waals surface area (Å²) in [5.41, 5.74) is 2.54. The number of carbonyl (C=O) groups excluding carboxylic acids is 2. The molecule has 1 amide bonds. The van der Waals surface area contributed by atoms with Crippen LogP contribution in [0.25, 0.3) is 0 Å². The van der Waals surface area contributed by atoms with Crippen LogP contribution < -0.4 is 5.32 Å². The van der Waals surface area contributed by atoms with E-state index < -0.39 is 23.4 Å². The third kappa shape index (κ3) is 4.39. The zero-order valence-corrected chi connectivity index (χ0v) is 13.2. The van der Waals surface area contributed by atoms with Crippen LogP contribution in [0.5, 0.6) is 0 Å². The number of nitrogens with one attached hydrogen (secondary N) is 1. The predicted octanol–water partition coefficient (Wildman–Crippen LogP) is 3.01. The van der Waals surface area contributed by atoms with E-state index in [1.165, 1.54) is 18.2 Å². The second kappa shape index (κ2) is 7.36. The van der Waals surface area contributed by atoms with Gasteiger partial charge in [0.05, 0.1) is 10.5 Å². The van der Waals surface area contributed by atoms with Gasteiger partial charge in [-0.25, -0.2) is 4.79 Å². The molecule has 2 aromatic rings. The van der Waals surface area contributed by atoms with Crippen molar-refractivity contribution in [3.63, 3.8) is 0 Å². The van der Waals surface area contributed by atoms with Gasteiger partial charge in [0.25, 0.3) is 11.6 Å². The van der Waals surface area contributed by atoms with Crippen molar-refractivity contribution in [1.82, 2.24) is 0 Å². The highest BCUT2D eigenvalue weighted by atomic mass is 16.6. The highest BCUT2D eigenvalue weighted by Gasteiger charge is 2.14. The summed E-state index contributed by atoms with van der Waals surface area (Å²) in [6.45, 7) is 3.41. The number of benzene rings is 2. The number of anilines is 1. The molecule has 0 aromatic heterocycles. The highest BCUT2D eigenvalue weighted by molar-refractivity contribution is 5.95. The molecule has 7 nitrogen and oxygen atoms in total. The summed E-state index contributed by atoms with van der Waals surface area (Å²) in [6.07, 6.45) is 0. The molecule has 0 bridgehead atoms. The maximum atomic E-state index is 11.9. The van der Waals surface area contributed by atoms with Crippen LogP contribution in [0.2, 0.25) is 0 Å². The molecule has 0 aliphatic carbocycles. The van der Waals surface area contributed by atoms with Crippen LogP contribution in [-0.2, 0) is 9.53 Å². The molecular formula is C17H16N2O5. The topological polar surface area (TPSA) is 98.5 Å². The summed E-state index contributed by atoms with van der Waals surface area (Å²) in [5, 5.41) is 13.3. The third-order valence-corrected chi connectivity index (χ3v) is 3.42. The maximum absolute atomic E-state index is 11.9. The smallest absolute Gasteiger partial charge is 0.338 e. The van der Waals surface area contributed by atoms with Crippen molar-refractivity contribution < 1.29 is 19.2 Å². The number of hydrogen-bond donors (Lipinski definition) is 1. The molecule has 0 aliphatic heterocycles. The molecule has 0 spiro atoms. The van der Waals surface area contributed by atoms with Crippen LogP contribution in [0.15, 0.2) is 42.5 Å². The largest absolute Gasteiger partial charge is 0.452 e. The SMILES string of the molecule is Cc1ccc(NC(=O)COC(=O)c2cccc([N+](=O)[O-])c2)cc1C. The third-order valence-electron chi connectivity index (χ3n) is 3.42. The van der Waals surface area contributed by atoms with E-state index in [4.69, 9.17) is 4.74 Å². The Morgan fingerprint density at radius 3 is 2.54 bits per heavy atom. The molecule has 0 atom stereocenters. The van der Waals surface area contributed by atoms with Crippen LogP contribution in [0.3, 0.4) is 0 Å². The van der Waals surface area contributed by atoms with Crippen LogP contribution in [-0.4, -0.2) is 23.4 Å². The molecule has 0 heterocycles. The lowest BCUT2D eigenvalue weighted by atomic mass is 10.1. The lowest BCUT2D eigenvalue weighted by Gasteiger charge is -2.08. The van der Waals surface area contributed by atoms with Crippen molar-refractivity contribution in [3.8, 4) is 0 Å². The molecule has 7 heteroatoms. The second-order valence-corrected chi connectivity index (χ2v) is 5.23. The van der Waals surface area contributed by atoms with E-state index in [0.717, 1.165) is 17.2 Å². The number of non-ortho nitro benzene ring substituents is 1. The molecule has 0 fully saturated rings. The van der Waals surface area contributed by atoms with Crippen molar-refractivity contribution in [1.29, 1.82) is 0 Å². The van der Waals surface area contributed by atoms with Gasteiger partial charge in [0.15, 0.2) is 6.61 Å². The van der Waals surface area contributed by atoms with Crippen molar-refractivity contribution in [2.24, 2.45) is 0 Å². The summed E-state index contributed by atoms with van der Waals surface area (Å²) < 4.78 is 4.88.